The maximum Gasteiger partial charge on any atom is 0.310 e. The lowest BCUT2D eigenvalue weighted by Crippen LogP contribution is -2.08. The second-order valence-corrected chi connectivity index (χ2v) is 3.78. The van der Waals surface area contributed by atoms with Gasteiger partial charge in [0.2, 0.25) is 0 Å². The fourth-order valence-electron chi connectivity index (χ4n) is 1.86. The lowest BCUT2D eigenvalue weighted by atomic mass is 9.94. The number of fused-ring (bicyclic) bond motifs is 1. The minimum Gasteiger partial charge on any atom is -0.508 e. The maximum atomic E-state index is 11.0. The molecule has 0 spiro atoms. The van der Waals surface area contributed by atoms with Crippen molar-refractivity contribution >= 4 is 16.7 Å². The van der Waals surface area contributed by atoms with Crippen LogP contribution in [0.25, 0.3) is 10.8 Å². The first-order chi connectivity index (χ1) is 7.61. The molecule has 0 amide bonds. The standard InChI is InChI=1S/C13H12O3/c1-8(13(15)16)12-10-5-3-2-4-9(10)6-7-11(12)14/h2-8,14H,1H3,(H,15,16)/t8-/m0/s1. The van der Waals surface area contributed by atoms with Crippen molar-refractivity contribution in [3.63, 3.8) is 0 Å². The van der Waals surface area contributed by atoms with Gasteiger partial charge in [-0.05, 0) is 23.8 Å². The van der Waals surface area contributed by atoms with Crippen LogP contribution in [0, 0.1) is 0 Å². The van der Waals surface area contributed by atoms with E-state index in [1.807, 2.05) is 24.3 Å². The number of carboxylic acid groups (broad SMARTS) is 1. The first kappa shape index (κ1) is 10.5. The second kappa shape index (κ2) is 3.85. The van der Waals surface area contributed by atoms with Crippen LogP contribution in [0.5, 0.6) is 5.75 Å². The molecule has 0 fully saturated rings. The van der Waals surface area contributed by atoms with E-state index in [4.69, 9.17) is 5.11 Å². The molecule has 0 unspecified atom stereocenters. The molecule has 3 heteroatoms. The van der Waals surface area contributed by atoms with Crippen molar-refractivity contribution in [2.24, 2.45) is 0 Å². The molecule has 2 aromatic rings. The van der Waals surface area contributed by atoms with E-state index < -0.39 is 11.9 Å². The van der Waals surface area contributed by atoms with Crippen LogP contribution >= 0.6 is 0 Å². The Hall–Kier alpha value is -2.03. The number of phenolic OH excluding ortho intramolecular Hbond substituents is 1. The highest BCUT2D eigenvalue weighted by atomic mass is 16.4. The van der Waals surface area contributed by atoms with E-state index in [1.165, 1.54) is 6.07 Å². The van der Waals surface area contributed by atoms with E-state index in [1.54, 1.807) is 13.0 Å². The number of aliphatic carboxylic acids is 1. The molecule has 0 aromatic heterocycles. The summed E-state index contributed by atoms with van der Waals surface area (Å²) in [7, 11) is 0. The zero-order valence-corrected chi connectivity index (χ0v) is 8.84. The van der Waals surface area contributed by atoms with Gasteiger partial charge in [0.15, 0.2) is 0 Å². The van der Waals surface area contributed by atoms with E-state index in [2.05, 4.69) is 0 Å². The molecule has 16 heavy (non-hydrogen) atoms. The van der Waals surface area contributed by atoms with Gasteiger partial charge in [-0.3, -0.25) is 4.79 Å². The lowest BCUT2D eigenvalue weighted by Gasteiger charge is -2.12. The number of benzene rings is 2. The molecule has 2 rings (SSSR count). The number of hydrogen-bond donors (Lipinski definition) is 2. The molecular formula is C13H12O3. The van der Waals surface area contributed by atoms with Gasteiger partial charge in [0.25, 0.3) is 0 Å². The maximum absolute atomic E-state index is 11.0. The molecule has 3 nitrogen and oxygen atoms in total. The van der Waals surface area contributed by atoms with Gasteiger partial charge in [-0.25, -0.2) is 0 Å². The average Bonchev–Trinajstić information content (AvgIpc) is 2.28. The predicted octanol–water partition coefficient (Wildman–Crippen LogP) is 2.73. The minimum atomic E-state index is -0.938. The summed E-state index contributed by atoms with van der Waals surface area (Å²) in [4.78, 5) is 11.0. The fourth-order valence-corrected chi connectivity index (χ4v) is 1.86. The number of phenols is 1. The SMILES string of the molecule is C[C@H](C(=O)O)c1c(O)ccc2ccccc12. The van der Waals surface area contributed by atoms with E-state index in [9.17, 15) is 9.90 Å². The molecule has 0 radical (unpaired) electrons. The predicted molar refractivity (Wildman–Crippen MR) is 61.7 cm³/mol. The lowest BCUT2D eigenvalue weighted by molar-refractivity contribution is -0.138. The van der Waals surface area contributed by atoms with Gasteiger partial charge in [0.05, 0.1) is 5.92 Å². The van der Waals surface area contributed by atoms with Gasteiger partial charge in [0, 0.05) is 5.56 Å². The molecule has 2 aromatic carbocycles. The van der Waals surface area contributed by atoms with Crippen LogP contribution in [-0.2, 0) is 4.79 Å². The van der Waals surface area contributed by atoms with Crippen LogP contribution in [-0.4, -0.2) is 16.2 Å². The second-order valence-electron chi connectivity index (χ2n) is 3.78. The molecular weight excluding hydrogens is 204 g/mol. The number of rotatable bonds is 2. The van der Waals surface area contributed by atoms with Crippen molar-refractivity contribution < 1.29 is 15.0 Å². The third kappa shape index (κ3) is 1.60. The van der Waals surface area contributed by atoms with Gasteiger partial charge in [-0.2, -0.15) is 0 Å². The molecule has 0 aliphatic heterocycles. The molecule has 0 aliphatic rings. The molecule has 0 bridgehead atoms. The Balaban J connectivity index is 2.75. The van der Waals surface area contributed by atoms with Crippen LogP contribution in [0.15, 0.2) is 36.4 Å². The largest absolute Gasteiger partial charge is 0.508 e. The summed E-state index contributed by atoms with van der Waals surface area (Å²) in [6.45, 7) is 1.57. The monoisotopic (exact) mass is 216 g/mol. The van der Waals surface area contributed by atoms with Crippen molar-refractivity contribution in [2.75, 3.05) is 0 Å². The van der Waals surface area contributed by atoms with Crippen molar-refractivity contribution in [3.05, 3.63) is 42.0 Å². The third-order valence-electron chi connectivity index (χ3n) is 2.75. The molecule has 2 N–H and O–H groups in total. The van der Waals surface area contributed by atoms with Crippen LogP contribution < -0.4 is 0 Å². The van der Waals surface area contributed by atoms with E-state index in [0.717, 1.165) is 10.8 Å². The number of hydrogen-bond acceptors (Lipinski definition) is 2. The Kier molecular flexibility index (Phi) is 2.52. The quantitative estimate of drug-likeness (QED) is 0.811. The van der Waals surface area contributed by atoms with Gasteiger partial charge in [-0.1, -0.05) is 30.3 Å². The highest BCUT2D eigenvalue weighted by molar-refractivity contribution is 5.92. The summed E-state index contributed by atoms with van der Waals surface area (Å²) < 4.78 is 0. The summed E-state index contributed by atoms with van der Waals surface area (Å²) in [6.07, 6.45) is 0. The zero-order valence-electron chi connectivity index (χ0n) is 8.84. The Labute approximate surface area is 93.0 Å². The van der Waals surface area contributed by atoms with Crippen molar-refractivity contribution in [1.29, 1.82) is 0 Å². The van der Waals surface area contributed by atoms with Gasteiger partial charge in [0.1, 0.15) is 5.75 Å². The summed E-state index contributed by atoms with van der Waals surface area (Å²) in [5, 5.41) is 20.5. The summed E-state index contributed by atoms with van der Waals surface area (Å²) in [5.41, 5.74) is 0.477. The van der Waals surface area contributed by atoms with E-state index in [0.29, 0.717) is 5.56 Å². The van der Waals surface area contributed by atoms with Gasteiger partial charge >= 0.3 is 5.97 Å². The summed E-state index contributed by atoms with van der Waals surface area (Å²) in [5.74, 6) is -1.62. The molecule has 0 heterocycles. The molecule has 82 valence electrons. The number of carboxylic acids is 1. The minimum absolute atomic E-state index is 0.0357. The number of aromatic hydroxyl groups is 1. The Morgan fingerprint density at radius 1 is 1.19 bits per heavy atom. The number of carbonyl (C=O) groups is 1. The Bertz CT molecular complexity index is 546. The van der Waals surface area contributed by atoms with E-state index in [-0.39, 0.29) is 5.75 Å². The topological polar surface area (TPSA) is 57.5 Å². The fraction of sp³-hybridized carbons (Fsp3) is 0.154. The zero-order chi connectivity index (χ0) is 11.7. The van der Waals surface area contributed by atoms with E-state index >= 15 is 0 Å². The first-order valence-electron chi connectivity index (χ1n) is 5.04. The van der Waals surface area contributed by atoms with Crippen molar-refractivity contribution in [2.45, 2.75) is 12.8 Å². The van der Waals surface area contributed by atoms with Gasteiger partial charge in [-0.15, -0.1) is 0 Å². The molecule has 0 aliphatic carbocycles. The third-order valence-corrected chi connectivity index (χ3v) is 2.75. The van der Waals surface area contributed by atoms with Crippen LogP contribution in [0.3, 0.4) is 0 Å². The van der Waals surface area contributed by atoms with Crippen LogP contribution in [0.4, 0.5) is 0 Å². The van der Waals surface area contributed by atoms with Crippen LogP contribution in [0.1, 0.15) is 18.4 Å². The summed E-state index contributed by atoms with van der Waals surface area (Å²) >= 11 is 0. The van der Waals surface area contributed by atoms with Crippen molar-refractivity contribution in [3.8, 4) is 5.75 Å². The molecule has 0 saturated carbocycles. The smallest absolute Gasteiger partial charge is 0.310 e. The molecule has 1 atom stereocenters. The highest BCUT2D eigenvalue weighted by Gasteiger charge is 2.19. The average molecular weight is 216 g/mol. The normalized spacial score (nSPS) is 12.6. The summed E-state index contributed by atoms with van der Waals surface area (Å²) in [6, 6.07) is 10.8. The Morgan fingerprint density at radius 2 is 1.88 bits per heavy atom. The Morgan fingerprint density at radius 3 is 2.56 bits per heavy atom. The first-order valence-corrected chi connectivity index (χ1v) is 5.04. The highest BCUT2D eigenvalue weighted by Crippen LogP contribution is 2.33. The van der Waals surface area contributed by atoms with Crippen LogP contribution in [0.2, 0.25) is 0 Å². The van der Waals surface area contributed by atoms with Crippen molar-refractivity contribution in [1.82, 2.24) is 0 Å². The van der Waals surface area contributed by atoms with Gasteiger partial charge < -0.3 is 10.2 Å². The molecule has 0 saturated heterocycles.